The van der Waals surface area contributed by atoms with E-state index in [4.69, 9.17) is 0 Å². The maximum absolute atomic E-state index is 11.9. The zero-order valence-corrected chi connectivity index (χ0v) is 11.9. The minimum atomic E-state index is -0.744. The normalized spacial score (nSPS) is 12.2. The molecule has 106 valence electrons. The van der Waals surface area contributed by atoms with Gasteiger partial charge in [0.1, 0.15) is 0 Å². The van der Waals surface area contributed by atoms with Gasteiger partial charge in [-0.1, -0.05) is 29.8 Å². The van der Waals surface area contributed by atoms with Crippen LogP contribution in [-0.2, 0) is 6.54 Å². The molecule has 0 aliphatic carbocycles. The van der Waals surface area contributed by atoms with E-state index < -0.39 is 6.10 Å². The number of aromatic nitrogens is 2. The first-order chi connectivity index (χ1) is 9.47. The first kappa shape index (κ1) is 14.3. The van der Waals surface area contributed by atoms with Crippen molar-refractivity contribution in [3.8, 4) is 0 Å². The fourth-order valence-corrected chi connectivity index (χ4v) is 1.86. The highest BCUT2D eigenvalue weighted by Crippen LogP contribution is 2.15. The number of hydrogen-bond acceptors (Lipinski definition) is 4. The highest BCUT2D eigenvalue weighted by Gasteiger charge is 2.10. The molecule has 1 N–H and O–H groups in total. The molecule has 0 saturated carbocycles. The van der Waals surface area contributed by atoms with E-state index in [1.165, 1.54) is 10.7 Å². The van der Waals surface area contributed by atoms with Gasteiger partial charge < -0.3 is 10.0 Å². The summed E-state index contributed by atoms with van der Waals surface area (Å²) in [5.41, 5.74) is 2.44. The molecule has 1 unspecified atom stereocenters. The Balaban J connectivity index is 2.17. The maximum Gasteiger partial charge on any atom is 0.268 e. The summed E-state index contributed by atoms with van der Waals surface area (Å²) in [5, 5.41) is 14.2. The van der Waals surface area contributed by atoms with Crippen molar-refractivity contribution in [1.82, 2.24) is 9.78 Å². The van der Waals surface area contributed by atoms with E-state index in [2.05, 4.69) is 5.10 Å². The van der Waals surface area contributed by atoms with Crippen molar-refractivity contribution in [2.45, 2.75) is 19.6 Å². The Morgan fingerprint density at radius 1 is 1.30 bits per heavy atom. The summed E-state index contributed by atoms with van der Waals surface area (Å²) >= 11 is 0. The fraction of sp³-hybridized carbons (Fsp3) is 0.333. The topological polar surface area (TPSA) is 58.4 Å². The molecule has 0 amide bonds. The average Bonchev–Trinajstić information content (AvgIpc) is 2.41. The van der Waals surface area contributed by atoms with E-state index >= 15 is 0 Å². The van der Waals surface area contributed by atoms with Crippen LogP contribution in [0.15, 0.2) is 41.3 Å². The summed E-state index contributed by atoms with van der Waals surface area (Å²) in [7, 11) is 3.70. The molecule has 1 aromatic heterocycles. The number of benzene rings is 1. The molecule has 2 rings (SSSR count). The highest BCUT2D eigenvalue weighted by atomic mass is 16.3. The molecule has 0 radical (unpaired) electrons. The van der Waals surface area contributed by atoms with Crippen molar-refractivity contribution in [3.63, 3.8) is 0 Å². The number of aryl methyl sites for hydroxylation is 1. The summed E-state index contributed by atoms with van der Waals surface area (Å²) in [6, 6.07) is 9.10. The Hall–Kier alpha value is -2.14. The van der Waals surface area contributed by atoms with Gasteiger partial charge in [0.05, 0.1) is 24.5 Å². The third-order valence-electron chi connectivity index (χ3n) is 3.18. The number of rotatable bonds is 4. The molecule has 5 nitrogen and oxygen atoms in total. The van der Waals surface area contributed by atoms with Crippen LogP contribution in [0.2, 0.25) is 0 Å². The Bertz CT molecular complexity index is 632. The molecule has 0 aliphatic heterocycles. The van der Waals surface area contributed by atoms with Gasteiger partial charge in [-0.05, 0) is 12.5 Å². The third-order valence-corrected chi connectivity index (χ3v) is 3.18. The van der Waals surface area contributed by atoms with Gasteiger partial charge in [-0.3, -0.25) is 4.79 Å². The smallest absolute Gasteiger partial charge is 0.268 e. The lowest BCUT2D eigenvalue weighted by Gasteiger charge is -2.15. The van der Waals surface area contributed by atoms with Crippen LogP contribution in [-0.4, -0.2) is 29.0 Å². The van der Waals surface area contributed by atoms with E-state index in [9.17, 15) is 9.90 Å². The van der Waals surface area contributed by atoms with Crippen molar-refractivity contribution in [2.24, 2.45) is 0 Å². The lowest BCUT2D eigenvalue weighted by Crippen LogP contribution is -2.26. The zero-order chi connectivity index (χ0) is 14.7. The van der Waals surface area contributed by atoms with Gasteiger partial charge in [0.2, 0.25) is 0 Å². The summed E-state index contributed by atoms with van der Waals surface area (Å²) in [4.78, 5) is 13.7. The summed E-state index contributed by atoms with van der Waals surface area (Å²) in [6.07, 6.45) is 0.870. The average molecular weight is 273 g/mol. The van der Waals surface area contributed by atoms with Crippen LogP contribution in [0.1, 0.15) is 17.2 Å². The van der Waals surface area contributed by atoms with Crippen LogP contribution < -0.4 is 10.5 Å². The summed E-state index contributed by atoms with van der Waals surface area (Å²) in [5.74, 6) is 0. The Labute approximate surface area is 118 Å². The molecule has 0 fully saturated rings. The minimum Gasteiger partial charge on any atom is -0.386 e. The molecular formula is C15H19N3O2. The molecule has 1 heterocycles. The summed E-state index contributed by atoms with van der Waals surface area (Å²) in [6.45, 7) is 2.14. The molecular weight excluding hydrogens is 254 g/mol. The molecule has 1 aromatic carbocycles. The number of anilines is 1. The minimum absolute atomic E-state index is 0.148. The molecule has 0 spiro atoms. The zero-order valence-electron chi connectivity index (χ0n) is 11.9. The van der Waals surface area contributed by atoms with Gasteiger partial charge in [-0.25, -0.2) is 4.68 Å². The molecule has 2 aromatic rings. The largest absolute Gasteiger partial charge is 0.386 e. The van der Waals surface area contributed by atoms with Crippen molar-refractivity contribution >= 4 is 5.69 Å². The van der Waals surface area contributed by atoms with Crippen molar-refractivity contribution in [3.05, 3.63) is 58.0 Å². The predicted molar refractivity (Wildman–Crippen MR) is 79.0 cm³/mol. The standard InChI is InChI=1S/C15H19N3O2/c1-11-4-6-12(7-5-11)14(19)10-18-15(20)8-13(9-16-18)17(2)3/h4-9,14,19H,10H2,1-3H3. The van der Waals surface area contributed by atoms with E-state index in [0.29, 0.717) is 0 Å². The number of aliphatic hydroxyl groups excluding tert-OH is 1. The number of aliphatic hydroxyl groups is 1. The lowest BCUT2D eigenvalue weighted by molar-refractivity contribution is 0.149. The second-order valence-corrected chi connectivity index (χ2v) is 5.06. The maximum atomic E-state index is 11.9. The van der Waals surface area contributed by atoms with Crippen LogP contribution >= 0.6 is 0 Å². The van der Waals surface area contributed by atoms with Crippen LogP contribution in [0, 0.1) is 6.92 Å². The second kappa shape index (κ2) is 5.88. The van der Waals surface area contributed by atoms with Gasteiger partial charge in [0.25, 0.3) is 5.56 Å². The van der Waals surface area contributed by atoms with E-state index in [1.807, 2.05) is 50.2 Å². The van der Waals surface area contributed by atoms with Crippen LogP contribution in [0.5, 0.6) is 0 Å². The Kier molecular flexibility index (Phi) is 4.20. The SMILES string of the molecule is Cc1ccc(C(O)Cn2ncc(N(C)C)cc2=O)cc1. The highest BCUT2D eigenvalue weighted by molar-refractivity contribution is 5.40. The molecule has 0 aliphatic rings. The van der Waals surface area contributed by atoms with Gasteiger partial charge in [-0.2, -0.15) is 5.10 Å². The molecule has 0 saturated heterocycles. The van der Waals surface area contributed by atoms with Crippen molar-refractivity contribution in [1.29, 1.82) is 0 Å². The fourth-order valence-electron chi connectivity index (χ4n) is 1.86. The first-order valence-corrected chi connectivity index (χ1v) is 6.46. The van der Waals surface area contributed by atoms with E-state index in [1.54, 1.807) is 6.20 Å². The van der Waals surface area contributed by atoms with Crippen LogP contribution in [0.25, 0.3) is 0 Å². The predicted octanol–water partition coefficient (Wildman–Crippen LogP) is 1.35. The third kappa shape index (κ3) is 3.24. The van der Waals surface area contributed by atoms with Crippen molar-refractivity contribution in [2.75, 3.05) is 19.0 Å². The lowest BCUT2D eigenvalue weighted by atomic mass is 10.1. The van der Waals surface area contributed by atoms with Gasteiger partial charge in [-0.15, -0.1) is 0 Å². The Morgan fingerprint density at radius 3 is 2.50 bits per heavy atom. The number of nitrogens with zero attached hydrogens (tertiary/aromatic N) is 3. The molecule has 20 heavy (non-hydrogen) atoms. The monoisotopic (exact) mass is 273 g/mol. The quantitative estimate of drug-likeness (QED) is 0.913. The van der Waals surface area contributed by atoms with Crippen LogP contribution in [0.3, 0.4) is 0 Å². The molecule has 0 bridgehead atoms. The van der Waals surface area contributed by atoms with Gasteiger partial charge in [0.15, 0.2) is 0 Å². The Morgan fingerprint density at radius 2 is 1.95 bits per heavy atom. The van der Waals surface area contributed by atoms with E-state index in [-0.39, 0.29) is 12.1 Å². The van der Waals surface area contributed by atoms with Crippen molar-refractivity contribution < 1.29 is 5.11 Å². The number of hydrogen-bond donors (Lipinski definition) is 1. The van der Waals surface area contributed by atoms with Gasteiger partial charge >= 0.3 is 0 Å². The summed E-state index contributed by atoms with van der Waals surface area (Å²) < 4.78 is 1.28. The molecule has 5 heteroatoms. The van der Waals surface area contributed by atoms with Gasteiger partial charge in [0, 0.05) is 20.2 Å². The van der Waals surface area contributed by atoms with E-state index in [0.717, 1.165) is 16.8 Å². The first-order valence-electron chi connectivity index (χ1n) is 6.46. The molecule has 1 atom stereocenters. The van der Waals surface area contributed by atoms with Crippen LogP contribution in [0.4, 0.5) is 5.69 Å². The second-order valence-electron chi connectivity index (χ2n) is 5.06.